The number of rotatable bonds is 5. The number of hydrogen-bond acceptors (Lipinski definition) is 4. The van der Waals surface area contributed by atoms with Crippen molar-refractivity contribution >= 4 is 22.6 Å². The number of para-hydroxylation sites is 2. The number of hydrogen-bond donors (Lipinski definition) is 2. The van der Waals surface area contributed by atoms with Gasteiger partial charge in [0.2, 0.25) is 5.91 Å². The largest absolute Gasteiger partial charge is 0.378 e. The Labute approximate surface area is 180 Å². The van der Waals surface area contributed by atoms with Gasteiger partial charge in [0.1, 0.15) is 11.9 Å². The van der Waals surface area contributed by atoms with Crippen LogP contribution in [0, 0.1) is 0 Å². The van der Waals surface area contributed by atoms with Crippen molar-refractivity contribution in [3.05, 3.63) is 84.4 Å². The number of fused-ring (bicyclic) bond motifs is 1. The number of anilines is 1. The Bertz CT molecular complexity index is 1150. The molecule has 0 saturated carbocycles. The molecule has 0 aliphatic carbocycles. The molecular formula is C25H24N4O2. The van der Waals surface area contributed by atoms with Gasteiger partial charge >= 0.3 is 0 Å². The second-order valence-electron chi connectivity index (χ2n) is 7.61. The fourth-order valence-corrected chi connectivity index (χ4v) is 3.91. The summed E-state index contributed by atoms with van der Waals surface area (Å²) in [7, 11) is 0. The van der Waals surface area contributed by atoms with Gasteiger partial charge < -0.3 is 19.9 Å². The predicted octanol–water partition coefficient (Wildman–Crippen LogP) is 4.24. The van der Waals surface area contributed by atoms with Crippen LogP contribution in [0.5, 0.6) is 0 Å². The molecule has 5 rings (SSSR count). The lowest BCUT2D eigenvalue weighted by Gasteiger charge is -2.31. The summed E-state index contributed by atoms with van der Waals surface area (Å²) >= 11 is 0. The molecular weight excluding hydrogens is 388 g/mol. The average molecular weight is 412 g/mol. The van der Waals surface area contributed by atoms with Gasteiger partial charge in [0, 0.05) is 24.3 Å². The molecule has 0 unspecified atom stereocenters. The topological polar surface area (TPSA) is 70.2 Å². The van der Waals surface area contributed by atoms with Crippen molar-refractivity contribution in [1.29, 1.82) is 0 Å². The summed E-state index contributed by atoms with van der Waals surface area (Å²) in [5, 5.41) is 3.46. The lowest BCUT2D eigenvalue weighted by Crippen LogP contribution is -2.44. The fourth-order valence-electron chi connectivity index (χ4n) is 3.91. The summed E-state index contributed by atoms with van der Waals surface area (Å²) in [4.78, 5) is 23.3. The lowest BCUT2D eigenvalue weighted by atomic mass is 10.0. The SMILES string of the molecule is O=C([C@H](Nc1cccc(-c2nc3ccccc3[nH]2)c1)c1ccccc1)N1CCOCC1. The molecule has 1 fully saturated rings. The highest BCUT2D eigenvalue weighted by Gasteiger charge is 2.27. The van der Waals surface area contributed by atoms with E-state index in [-0.39, 0.29) is 5.91 Å². The number of ether oxygens (including phenoxy) is 1. The van der Waals surface area contributed by atoms with Crippen molar-refractivity contribution in [2.45, 2.75) is 6.04 Å². The summed E-state index contributed by atoms with van der Waals surface area (Å²) < 4.78 is 5.42. The summed E-state index contributed by atoms with van der Waals surface area (Å²) in [5.41, 5.74) is 4.70. The Balaban J connectivity index is 1.45. The number of morpholine rings is 1. The number of aromatic nitrogens is 2. The summed E-state index contributed by atoms with van der Waals surface area (Å²) in [6.07, 6.45) is 0. The molecule has 0 spiro atoms. The first-order valence-corrected chi connectivity index (χ1v) is 10.5. The van der Waals surface area contributed by atoms with Crippen LogP contribution >= 0.6 is 0 Å². The fraction of sp³-hybridized carbons (Fsp3) is 0.200. The van der Waals surface area contributed by atoms with E-state index in [0.29, 0.717) is 26.3 Å². The van der Waals surface area contributed by atoms with E-state index in [2.05, 4.69) is 10.3 Å². The molecule has 1 atom stereocenters. The number of benzene rings is 3. The molecule has 1 aliphatic heterocycles. The number of nitrogens with zero attached hydrogens (tertiary/aromatic N) is 2. The van der Waals surface area contributed by atoms with E-state index in [4.69, 9.17) is 9.72 Å². The molecule has 3 aromatic carbocycles. The van der Waals surface area contributed by atoms with Crippen LogP contribution in [-0.2, 0) is 9.53 Å². The summed E-state index contributed by atoms with van der Waals surface area (Å²) in [6, 6.07) is 25.4. The molecule has 0 bridgehead atoms. The number of imidazole rings is 1. The third-order valence-electron chi connectivity index (χ3n) is 5.54. The third-order valence-corrected chi connectivity index (χ3v) is 5.54. The Morgan fingerprint density at radius 1 is 0.968 bits per heavy atom. The summed E-state index contributed by atoms with van der Waals surface area (Å²) in [5.74, 6) is 0.865. The maximum Gasteiger partial charge on any atom is 0.249 e. The van der Waals surface area contributed by atoms with E-state index in [1.165, 1.54) is 0 Å². The minimum atomic E-state index is -0.467. The number of H-pyrrole nitrogens is 1. The van der Waals surface area contributed by atoms with Crippen molar-refractivity contribution in [3.63, 3.8) is 0 Å². The molecule has 1 aliphatic rings. The standard InChI is InChI=1S/C25H24N4O2/c30-25(29-13-15-31-16-14-29)23(18-7-2-1-3-8-18)26-20-10-6-9-19(17-20)24-27-21-11-4-5-12-22(21)28-24/h1-12,17,23,26H,13-16H2,(H,27,28)/t23-/m1/s1. The smallest absolute Gasteiger partial charge is 0.249 e. The van der Waals surface area contributed by atoms with Crippen LogP contribution < -0.4 is 5.32 Å². The van der Waals surface area contributed by atoms with E-state index in [9.17, 15) is 4.79 Å². The van der Waals surface area contributed by atoms with E-state index in [1.807, 2.05) is 83.8 Å². The number of carbonyl (C=O) groups is 1. The third kappa shape index (κ3) is 4.15. The maximum atomic E-state index is 13.4. The molecule has 6 nitrogen and oxygen atoms in total. The minimum Gasteiger partial charge on any atom is -0.378 e. The number of nitrogens with one attached hydrogen (secondary N) is 2. The van der Waals surface area contributed by atoms with Crippen molar-refractivity contribution in [3.8, 4) is 11.4 Å². The van der Waals surface area contributed by atoms with Crippen LogP contribution in [0.25, 0.3) is 22.4 Å². The number of amides is 1. The monoisotopic (exact) mass is 412 g/mol. The van der Waals surface area contributed by atoms with Crippen LogP contribution in [0.15, 0.2) is 78.9 Å². The van der Waals surface area contributed by atoms with Gasteiger partial charge in [-0.2, -0.15) is 0 Å². The van der Waals surface area contributed by atoms with Gasteiger partial charge in [-0.1, -0.05) is 54.6 Å². The predicted molar refractivity (Wildman–Crippen MR) is 122 cm³/mol. The first-order valence-electron chi connectivity index (χ1n) is 10.5. The van der Waals surface area contributed by atoms with E-state index in [0.717, 1.165) is 33.7 Å². The molecule has 0 radical (unpaired) electrons. The normalized spacial score (nSPS) is 15.0. The van der Waals surface area contributed by atoms with Gasteiger partial charge in [-0.15, -0.1) is 0 Å². The number of carbonyl (C=O) groups excluding carboxylic acids is 1. The van der Waals surface area contributed by atoms with Crippen LogP contribution in [0.4, 0.5) is 5.69 Å². The highest BCUT2D eigenvalue weighted by atomic mass is 16.5. The zero-order valence-electron chi connectivity index (χ0n) is 17.1. The van der Waals surface area contributed by atoms with Crippen molar-refractivity contribution in [2.24, 2.45) is 0 Å². The molecule has 4 aromatic rings. The van der Waals surface area contributed by atoms with E-state index in [1.54, 1.807) is 0 Å². The zero-order chi connectivity index (χ0) is 21.0. The van der Waals surface area contributed by atoms with Crippen LogP contribution in [0.1, 0.15) is 11.6 Å². The summed E-state index contributed by atoms with van der Waals surface area (Å²) in [6.45, 7) is 2.38. The second kappa shape index (κ2) is 8.62. The molecule has 2 heterocycles. The van der Waals surface area contributed by atoms with Crippen LogP contribution in [0.2, 0.25) is 0 Å². The van der Waals surface area contributed by atoms with Gasteiger partial charge in [-0.05, 0) is 29.8 Å². The molecule has 1 amide bonds. The van der Waals surface area contributed by atoms with Gasteiger partial charge in [0.05, 0.1) is 24.2 Å². The Kier molecular flexibility index (Phi) is 5.37. The van der Waals surface area contributed by atoms with Crippen LogP contribution in [0.3, 0.4) is 0 Å². The highest BCUT2D eigenvalue weighted by Crippen LogP contribution is 2.27. The second-order valence-corrected chi connectivity index (χ2v) is 7.61. The zero-order valence-corrected chi connectivity index (χ0v) is 17.1. The Morgan fingerprint density at radius 2 is 1.74 bits per heavy atom. The average Bonchev–Trinajstić information content (AvgIpc) is 3.28. The molecule has 31 heavy (non-hydrogen) atoms. The molecule has 2 N–H and O–H groups in total. The van der Waals surface area contributed by atoms with Crippen LogP contribution in [-0.4, -0.2) is 47.1 Å². The highest BCUT2D eigenvalue weighted by molar-refractivity contribution is 5.87. The Hall–Kier alpha value is -3.64. The van der Waals surface area contributed by atoms with E-state index >= 15 is 0 Å². The first kappa shape index (κ1) is 19.3. The van der Waals surface area contributed by atoms with Gasteiger partial charge in [-0.25, -0.2) is 4.98 Å². The van der Waals surface area contributed by atoms with Crippen molar-refractivity contribution < 1.29 is 9.53 Å². The minimum absolute atomic E-state index is 0.0589. The molecule has 1 saturated heterocycles. The quantitative estimate of drug-likeness (QED) is 0.514. The first-order chi connectivity index (χ1) is 15.3. The van der Waals surface area contributed by atoms with E-state index < -0.39 is 6.04 Å². The van der Waals surface area contributed by atoms with Gasteiger partial charge in [0.15, 0.2) is 0 Å². The molecule has 6 heteroatoms. The molecule has 1 aromatic heterocycles. The lowest BCUT2D eigenvalue weighted by molar-refractivity contribution is -0.136. The van der Waals surface area contributed by atoms with Gasteiger partial charge in [0.25, 0.3) is 0 Å². The molecule has 156 valence electrons. The van der Waals surface area contributed by atoms with Gasteiger partial charge in [-0.3, -0.25) is 4.79 Å². The van der Waals surface area contributed by atoms with Crippen molar-refractivity contribution in [1.82, 2.24) is 14.9 Å². The van der Waals surface area contributed by atoms with Crippen molar-refractivity contribution in [2.75, 3.05) is 31.6 Å². The number of aromatic amines is 1. The maximum absolute atomic E-state index is 13.4. The Morgan fingerprint density at radius 3 is 2.55 bits per heavy atom.